The number of nitrogens with one attached hydrogen (secondary N) is 1. The van der Waals surface area contributed by atoms with E-state index in [0.717, 1.165) is 25.3 Å². The summed E-state index contributed by atoms with van der Waals surface area (Å²) in [4.78, 5) is -0.0681. The van der Waals surface area contributed by atoms with Gasteiger partial charge in [-0.2, -0.15) is 0 Å². The highest BCUT2D eigenvalue weighted by molar-refractivity contribution is 7.89. The van der Waals surface area contributed by atoms with Crippen LogP contribution in [-0.4, -0.2) is 15.0 Å². The van der Waals surface area contributed by atoms with Crippen molar-refractivity contribution >= 4 is 10.0 Å². The first-order chi connectivity index (χ1) is 8.51. The molecule has 0 radical (unpaired) electrons. The maximum Gasteiger partial charge on any atom is 0.240 e. The topological polar surface area (TPSA) is 72.2 Å². The van der Waals surface area contributed by atoms with Crippen molar-refractivity contribution in [3.05, 3.63) is 29.6 Å². The molecule has 0 unspecified atom stereocenters. The maximum absolute atomic E-state index is 13.1. The summed E-state index contributed by atoms with van der Waals surface area (Å²) in [5, 5.41) is 0. The van der Waals surface area contributed by atoms with E-state index in [4.69, 9.17) is 5.73 Å². The Hall–Kier alpha value is -0.980. The van der Waals surface area contributed by atoms with E-state index in [0.29, 0.717) is 12.1 Å². The standard InChI is InChI=1S/C12H19FN2O2S/c1-2-3-4-7-15-18(16,17)12-8-11(13)6-5-10(12)9-14/h5-6,8,15H,2-4,7,9,14H2,1H3. The van der Waals surface area contributed by atoms with Crippen LogP contribution < -0.4 is 10.5 Å². The summed E-state index contributed by atoms with van der Waals surface area (Å²) in [6.07, 6.45) is 2.73. The summed E-state index contributed by atoms with van der Waals surface area (Å²) < 4.78 is 39.6. The van der Waals surface area contributed by atoms with Crippen LogP contribution in [0.2, 0.25) is 0 Å². The molecule has 0 aliphatic carbocycles. The molecular weight excluding hydrogens is 255 g/mol. The van der Waals surface area contributed by atoms with E-state index in [1.807, 2.05) is 6.92 Å². The van der Waals surface area contributed by atoms with Gasteiger partial charge < -0.3 is 5.73 Å². The van der Waals surface area contributed by atoms with Gasteiger partial charge in [-0.1, -0.05) is 25.8 Å². The number of unbranched alkanes of at least 4 members (excludes halogenated alkanes) is 2. The van der Waals surface area contributed by atoms with Gasteiger partial charge in [-0.05, 0) is 24.1 Å². The first-order valence-corrected chi connectivity index (χ1v) is 7.47. The number of sulfonamides is 1. The molecule has 0 spiro atoms. The number of rotatable bonds is 7. The quantitative estimate of drug-likeness (QED) is 0.744. The lowest BCUT2D eigenvalue weighted by atomic mass is 10.2. The van der Waals surface area contributed by atoms with Crippen molar-refractivity contribution in [1.29, 1.82) is 0 Å². The number of benzene rings is 1. The summed E-state index contributed by atoms with van der Waals surface area (Å²) in [7, 11) is -3.68. The van der Waals surface area contributed by atoms with E-state index in [2.05, 4.69) is 4.72 Å². The number of nitrogens with two attached hydrogens (primary N) is 1. The van der Waals surface area contributed by atoms with Crippen LogP contribution in [0.4, 0.5) is 4.39 Å². The Kier molecular flexibility index (Phi) is 5.71. The third-order valence-electron chi connectivity index (χ3n) is 2.61. The van der Waals surface area contributed by atoms with E-state index in [9.17, 15) is 12.8 Å². The molecule has 3 N–H and O–H groups in total. The minimum absolute atomic E-state index is 0.0610. The maximum atomic E-state index is 13.1. The van der Waals surface area contributed by atoms with Crippen molar-refractivity contribution in [3.8, 4) is 0 Å². The first kappa shape index (κ1) is 15.1. The number of halogens is 1. The molecule has 1 aromatic rings. The highest BCUT2D eigenvalue weighted by Crippen LogP contribution is 2.16. The second-order valence-corrected chi connectivity index (χ2v) is 5.80. The molecular formula is C12H19FN2O2S. The molecule has 0 saturated heterocycles. The van der Waals surface area contributed by atoms with Crippen molar-refractivity contribution < 1.29 is 12.8 Å². The normalized spacial score (nSPS) is 11.7. The van der Waals surface area contributed by atoms with Gasteiger partial charge in [-0.3, -0.25) is 0 Å². The average Bonchev–Trinajstić information content (AvgIpc) is 2.35. The molecule has 4 nitrogen and oxygen atoms in total. The molecule has 0 atom stereocenters. The molecule has 0 saturated carbocycles. The van der Waals surface area contributed by atoms with Crippen molar-refractivity contribution in [2.75, 3.05) is 6.54 Å². The van der Waals surface area contributed by atoms with Crippen LogP contribution in [0.5, 0.6) is 0 Å². The molecule has 0 aliphatic heterocycles. The summed E-state index contributed by atoms with van der Waals surface area (Å²) in [5.41, 5.74) is 5.88. The lowest BCUT2D eigenvalue weighted by Gasteiger charge is -2.10. The zero-order valence-corrected chi connectivity index (χ0v) is 11.3. The van der Waals surface area contributed by atoms with Crippen LogP contribution in [0.15, 0.2) is 23.1 Å². The molecule has 0 amide bonds. The van der Waals surface area contributed by atoms with Crippen LogP contribution in [-0.2, 0) is 16.6 Å². The third kappa shape index (κ3) is 4.04. The average molecular weight is 274 g/mol. The molecule has 0 aromatic heterocycles. The van der Waals surface area contributed by atoms with Crippen LogP contribution in [0.1, 0.15) is 31.7 Å². The highest BCUT2D eigenvalue weighted by atomic mass is 32.2. The van der Waals surface area contributed by atoms with Gasteiger partial charge >= 0.3 is 0 Å². The Morgan fingerprint density at radius 3 is 2.67 bits per heavy atom. The highest BCUT2D eigenvalue weighted by Gasteiger charge is 2.18. The summed E-state index contributed by atoms with van der Waals surface area (Å²) >= 11 is 0. The lowest BCUT2D eigenvalue weighted by molar-refractivity contribution is 0.571. The van der Waals surface area contributed by atoms with Gasteiger partial charge in [0.25, 0.3) is 0 Å². The largest absolute Gasteiger partial charge is 0.326 e. The molecule has 0 bridgehead atoms. The van der Waals surface area contributed by atoms with E-state index in [-0.39, 0.29) is 11.4 Å². The predicted octanol–water partition coefficient (Wildman–Crippen LogP) is 1.75. The lowest BCUT2D eigenvalue weighted by Crippen LogP contribution is -2.26. The van der Waals surface area contributed by atoms with E-state index < -0.39 is 15.8 Å². The van der Waals surface area contributed by atoms with Crippen LogP contribution in [0, 0.1) is 5.82 Å². The Labute approximate surface area is 107 Å². The molecule has 6 heteroatoms. The van der Waals surface area contributed by atoms with E-state index in [1.165, 1.54) is 12.1 Å². The van der Waals surface area contributed by atoms with Crippen molar-refractivity contribution in [2.24, 2.45) is 5.73 Å². The van der Waals surface area contributed by atoms with E-state index in [1.54, 1.807) is 0 Å². The molecule has 1 rings (SSSR count). The SMILES string of the molecule is CCCCCNS(=O)(=O)c1cc(F)ccc1CN. The Balaban J connectivity index is 2.87. The molecule has 102 valence electrons. The van der Waals surface area contributed by atoms with Gasteiger partial charge in [0.05, 0.1) is 4.90 Å². The fraction of sp³-hybridized carbons (Fsp3) is 0.500. The van der Waals surface area contributed by atoms with Crippen molar-refractivity contribution in [3.63, 3.8) is 0 Å². The van der Waals surface area contributed by atoms with Crippen LogP contribution in [0.3, 0.4) is 0 Å². The minimum atomic E-state index is -3.68. The second-order valence-electron chi connectivity index (χ2n) is 4.06. The monoisotopic (exact) mass is 274 g/mol. The van der Waals surface area contributed by atoms with Crippen molar-refractivity contribution in [1.82, 2.24) is 4.72 Å². The van der Waals surface area contributed by atoms with Gasteiger partial charge in [-0.25, -0.2) is 17.5 Å². The third-order valence-corrected chi connectivity index (χ3v) is 4.15. The molecule has 1 aromatic carbocycles. The predicted molar refractivity (Wildman–Crippen MR) is 69.0 cm³/mol. The Morgan fingerprint density at radius 1 is 1.33 bits per heavy atom. The van der Waals surface area contributed by atoms with E-state index >= 15 is 0 Å². The summed E-state index contributed by atoms with van der Waals surface area (Å²) in [6.45, 7) is 2.45. The van der Waals surface area contributed by atoms with Crippen molar-refractivity contribution in [2.45, 2.75) is 37.6 Å². The second kappa shape index (κ2) is 6.82. The smallest absolute Gasteiger partial charge is 0.240 e. The van der Waals surface area contributed by atoms with Crippen LogP contribution in [0.25, 0.3) is 0 Å². The van der Waals surface area contributed by atoms with Gasteiger partial charge in [0.2, 0.25) is 10.0 Å². The zero-order valence-electron chi connectivity index (χ0n) is 10.4. The molecule has 0 aliphatic rings. The Bertz CT molecular complexity index is 489. The molecule has 0 heterocycles. The van der Waals surface area contributed by atoms with Gasteiger partial charge in [0.1, 0.15) is 5.82 Å². The fourth-order valence-electron chi connectivity index (χ4n) is 1.61. The number of hydrogen-bond acceptors (Lipinski definition) is 3. The van der Waals surface area contributed by atoms with Gasteiger partial charge in [-0.15, -0.1) is 0 Å². The molecule has 0 fully saturated rings. The summed E-state index contributed by atoms with van der Waals surface area (Å²) in [5.74, 6) is -0.582. The number of hydrogen-bond donors (Lipinski definition) is 2. The zero-order chi connectivity index (χ0) is 13.6. The minimum Gasteiger partial charge on any atom is -0.326 e. The van der Waals surface area contributed by atoms with Gasteiger partial charge in [0.15, 0.2) is 0 Å². The fourth-order valence-corrected chi connectivity index (χ4v) is 2.94. The van der Waals surface area contributed by atoms with Gasteiger partial charge in [0, 0.05) is 13.1 Å². The van der Waals surface area contributed by atoms with Crippen LogP contribution >= 0.6 is 0 Å². The molecule has 18 heavy (non-hydrogen) atoms. The Morgan fingerprint density at radius 2 is 2.06 bits per heavy atom. The first-order valence-electron chi connectivity index (χ1n) is 5.99. The summed E-state index contributed by atoms with van der Waals surface area (Å²) in [6, 6.07) is 3.61.